The summed E-state index contributed by atoms with van der Waals surface area (Å²) in [5.74, 6) is 0.401. The number of unbranched alkanes of at least 4 members (excludes halogenated alkanes) is 3. The Bertz CT molecular complexity index is 2120. The van der Waals surface area contributed by atoms with E-state index in [9.17, 15) is 15.2 Å². The van der Waals surface area contributed by atoms with Crippen LogP contribution in [0.3, 0.4) is 0 Å². The summed E-state index contributed by atoms with van der Waals surface area (Å²) in [5.41, 5.74) is 6.22. The number of thiophene rings is 2. The van der Waals surface area contributed by atoms with Crippen LogP contribution < -0.4 is 14.4 Å². The maximum atomic E-state index is 11.3. The van der Waals surface area contributed by atoms with Gasteiger partial charge >= 0.3 is 5.97 Å². The summed E-state index contributed by atoms with van der Waals surface area (Å²) in [5, 5.41) is 18.4. The number of hydrogen-bond donors (Lipinski definition) is 1. The Morgan fingerprint density at radius 1 is 0.804 bits per heavy atom. The first kappa shape index (κ1) is 35.3. The number of nitriles is 1. The maximum Gasteiger partial charge on any atom is 0.346 e. The van der Waals surface area contributed by atoms with Gasteiger partial charge in [-0.05, 0) is 109 Å². The molecule has 3 aromatic heterocycles. The fourth-order valence-electron chi connectivity index (χ4n) is 5.95. The molecule has 6 rings (SSSR count). The number of carboxylic acid groups (broad SMARTS) is 1. The first-order valence-electron chi connectivity index (χ1n) is 16.9. The topological polar surface area (TPSA) is 87.7 Å². The van der Waals surface area contributed by atoms with Gasteiger partial charge in [0, 0.05) is 43.6 Å². The molecule has 0 atom stereocenters. The fraction of sp³-hybridized carbons (Fsp3) is 0.190. The van der Waals surface area contributed by atoms with Gasteiger partial charge in [-0.1, -0.05) is 44.4 Å². The molecule has 0 unspecified atom stereocenters. The van der Waals surface area contributed by atoms with Crippen LogP contribution in [0.15, 0.2) is 103 Å². The van der Waals surface area contributed by atoms with E-state index in [2.05, 4.69) is 95.3 Å². The molecule has 258 valence electrons. The van der Waals surface area contributed by atoms with Gasteiger partial charge in [0.05, 0.1) is 24.8 Å². The van der Waals surface area contributed by atoms with Gasteiger partial charge in [-0.15, -0.1) is 22.7 Å². The van der Waals surface area contributed by atoms with Crippen molar-refractivity contribution < 1.29 is 19.4 Å². The van der Waals surface area contributed by atoms with E-state index in [1.165, 1.54) is 47.2 Å². The van der Waals surface area contributed by atoms with E-state index in [0.29, 0.717) is 0 Å². The van der Waals surface area contributed by atoms with Crippen LogP contribution in [0.5, 0.6) is 11.5 Å². The van der Waals surface area contributed by atoms with Crippen LogP contribution in [-0.4, -0.2) is 29.9 Å². The quantitative estimate of drug-likeness (QED) is 0.0647. The molecule has 0 bridgehead atoms. The molecule has 9 heteroatoms. The zero-order chi connectivity index (χ0) is 35.7. The van der Waals surface area contributed by atoms with Gasteiger partial charge in [0.25, 0.3) is 0 Å². The number of rotatable bonds is 15. The van der Waals surface area contributed by atoms with E-state index in [1.807, 2.05) is 30.3 Å². The molecule has 1 N–H and O–H groups in total. The van der Waals surface area contributed by atoms with Gasteiger partial charge in [-0.25, -0.2) is 4.79 Å². The van der Waals surface area contributed by atoms with Crippen molar-refractivity contribution in [2.75, 3.05) is 19.1 Å². The number of anilines is 3. The molecule has 0 saturated carbocycles. The number of carboxylic acids is 1. The zero-order valence-electron chi connectivity index (χ0n) is 28.8. The molecule has 7 nitrogen and oxygen atoms in total. The first-order valence-corrected chi connectivity index (χ1v) is 18.5. The Morgan fingerprint density at radius 2 is 1.41 bits per heavy atom. The van der Waals surface area contributed by atoms with Crippen molar-refractivity contribution in [3.05, 3.63) is 119 Å². The van der Waals surface area contributed by atoms with E-state index in [4.69, 9.17) is 9.47 Å². The van der Waals surface area contributed by atoms with Crippen molar-refractivity contribution in [2.45, 2.75) is 39.2 Å². The Balaban J connectivity index is 1.27. The molecule has 6 aromatic rings. The van der Waals surface area contributed by atoms with Crippen LogP contribution >= 0.6 is 22.7 Å². The van der Waals surface area contributed by atoms with Gasteiger partial charge in [0.15, 0.2) is 0 Å². The van der Waals surface area contributed by atoms with Crippen LogP contribution in [0.25, 0.3) is 38.2 Å². The van der Waals surface area contributed by atoms with Gasteiger partial charge < -0.3 is 24.0 Å². The second kappa shape index (κ2) is 16.4. The first-order chi connectivity index (χ1) is 24.9. The van der Waals surface area contributed by atoms with Gasteiger partial charge in [-0.3, -0.25) is 0 Å². The number of ether oxygens (including phenoxy) is 2. The lowest BCUT2D eigenvalue weighted by Crippen LogP contribution is -2.09. The summed E-state index contributed by atoms with van der Waals surface area (Å²) in [6.45, 7) is 3.15. The van der Waals surface area contributed by atoms with Crippen molar-refractivity contribution in [3.8, 4) is 28.1 Å². The maximum absolute atomic E-state index is 11.3. The van der Waals surface area contributed by atoms with E-state index in [0.717, 1.165) is 67.1 Å². The third kappa shape index (κ3) is 8.26. The highest BCUT2D eigenvalue weighted by molar-refractivity contribution is 7.29. The summed E-state index contributed by atoms with van der Waals surface area (Å²) < 4.78 is 15.4. The minimum Gasteiger partial charge on any atom is -0.497 e. The van der Waals surface area contributed by atoms with Crippen LogP contribution in [-0.2, 0) is 11.3 Å². The lowest BCUT2D eigenvalue weighted by atomic mass is 10.1. The smallest absolute Gasteiger partial charge is 0.346 e. The summed E-state index contributed by atoms with van der Waals surface area (Å²) >= 11 is 3.20. The van der Waals surface area contributed by atoms with Crippen LogP contribution in [0, 0.1) is 11.3 Å². The standard InChI is InChI=1S/C42H39N3O4S2/c1-4-5-6-7-24-44-31(18-23-38(44)39-27-41-40(51-39)26-37(50-41)25-30(28-43)42(46)47)11-8-29-9-12-32(13-10-29)45(33-14-19-35(48-2)20-15-33)34-16-21-36(49-3)22-17-34/h8-23,25-27H,4-7,24H2,1-3H3,(H,46,47)/b11-8+,30-25+. The SMILES string of the molecule is CCCCCCn1c(/C=C/c2ccc(N(c3ccc(OC)cc3)c3ccc(OC)cc3)cc2)ccc1-c1cc2sc(/C=C(\C#N)C(=O)O)cc2s1. The number of benzene rings is 3. The Kier molecular flexibility index (Phi) is 11.4. The molecule has 51 heavy (non-hydrogen) atoms. The van der Waals surface area contributed by atoms with Crippen molar-refractivity contribution in [2.24, 2.45) is 0 Å². The number of fused-ring (bicyclic) bond motifs is 1. The Labute approximate surface area is 306 Å². The van der Waals surface area contributed by atoms with E-state index >= 15 is 0 Å². The molecular formula is C42H39N3O4S2. The molecule has 3 aromatic carbocycles. The highest BCUT2D eigenvalue weighted by atomic mass is 32.1. The number of nitrogens with zero attached hydrogens (tertiary/aromatic N) is 3. The number of carbonyl (C=O) groups is 1. The van der Waals surface area contributed by atoms with Crippen LogP contribution in [0.1, 0.15) is 48.7 Å². The highest BCUT2D eigenvalue weighted by Gasteiger charge is 2.16. The predicted molar refractivity (Wildman–Crippen MR) is 212 cm³/mol. The molecule has 0 fully saturated rings. The predicted octanol–water partition coefficient (Wildman–Crippen LogP) is 11.7. The molecule has 3 heterocycles. The normalized spacial score (nSPS) is 11.6. The van der Waals surface area contributed by atoms with Crippen molar-refractivity contribution >= 4 is 73.3 Å². The molecular weight excluding hydrogens is 675 g/mol. The summed E-state index contributed by atoms with van der Waals surface area (Å²) in [6, 6.07) is 35.0. The minimum absolute atomic E-state index is 0.261. The van der Waals surface area contributed by atoms with Crippen LogP contribution in [0.4, 0.5) is 17.1 Å². The Hall–Kier alpha value is -5.56. The molecule has 0 aliphatic heterocycles. The monoisotopic (exact) mass is 713 g/mol. The van der Waals surface area contributed by atoms with Crippen LogP contribution in [0.2, 0.25) is 0 Å². The number of aliphatic carboxylic acids is 1. The van der Waals surface area contributed by atoms with E-state index in [-0.39, 0.29) is 5.57 Å². The third-order valence-electron chi connectivity index (χ3n) is 8.62. The fourth-order valence-corrected chi connectivity index (χ4v) is 8.34. The molecule has 0 spiro atoms. The molecule has 0 amide bonds. The van der Waals surface area contributed by atoms with Gasteiger partial charge in [-0.2, -0.15) is 5.26 Å². The lowest BCUT2D eigenvalue weighted by molar-refractivity contribution is -0.132. The largest absolute Gasteiger partial charge is 0.497 e. The highest BCUT2D eigenvalue weighted by Crippen LogP contribution is 2.40. The molecule has 0 saturated heterocycles. The minimum atomic E-state index is -1.21. The molecule has 0 aliphatic carbocycles. The summed E-state index contributed by atoms with van der Waals surface area (Å²) in [6.07, 6.45) is 10.5. The third-order valence-corrected chi connectivity index (χ3v) is 10.9. The van der Waals surface area contributed by atoms with Crippen molar-refractivity contribution in [1.82, 2.24) is 4.57 Å². The van der Waals surface area contributed by atoms with Gasteiger partial charge in [0.1, 0.15) is 23.1 Å². The molecule has 0 aliphatic rings. The average molecular weight is 714 g/mol. The van der Waals surface area contributed by atoms with E-state index in [1.54, 1.807) is 31.6 Å². The lowest BCUT2D eigenvalue weighted by Gasteiger charge is -2.26. The van der Waals surface area contributed by atoms with Crippen molar-refractivity contribution in [3.63, 3.8) is 0 Å². The van der Waals surface area contributed by atoms with Gasteiger partial charge in [0.2, 0.25) is 0 Å². The second-order valence-corrected chi connectivity index (χ2v) is 14.2. The number of hydrogen-bond acceptors (Lipinski definition) is 7. The summed E-state index contributed by atoms with van der Waals surface area (Å²) in [4.78, 5) is 15.5. The van der Waals surface area contributed by atoms with E-state index < -0.39 is 5.97 Å². The zero-order valence-corrected chi connectivity index (χ0v) is 30.5. The number of aromatic nitrogens is 1. The number of methoxy groups -OCH3 is 2. The molecule has 0 radical (unpaired) electrons. The Morgan fingerprint density at radius 3 is 1.96 bits per heavy atom. The second-order valence-electron chi connectivity index (χ2n) is 12.0. The van der Waals surface area contributed by atoms with Crippen molar-refractivity contribution in [1.29, 1.82) is 5.26 Å². The summed E-state index contributed by atoms with van der Waals surface area (Å²) in [7, 11) is 3.34. The average Bonchev–Trinajstić information content (AvgIpc) is 3.86.